The van der Waals surface area contributed by atoms with Crippen molar-refractivity contribution in [1.29, 1.82) is 5.26 Å². The van der Waals surface area contributed by atoms with Crippen molar-refractivity contribution < 1.29 is 28.5 Å². The van der Waals surface area contributed by atoms with Crippen LogP contribution in [0, 0.1) is 23.1 Å². The van der Waals surface area contributed by atoms with Crippen LogP contribution in [-0.2, 0) is 25.3 Å². The minimum atomic E-state index is -1.52. The number of benzene rings is 1. The standard InChI is InChI=1S/C24H30FNO5/c1-22(2,14-26)17-12-20(29-5)18(11-19(17)25)24(28,15-8-6-7-9-15)13-16-10-21(27)31-23(3,4)30-16/h10-12,15,28H,6-9,13H2,1-5H3. The van der Waals surface area contributed by atoms with Gasteiger partial charge in [0.05, 0.1) is 24.7 Å². The Morgan fingerprint density at radius 1 is 1.26 bits per heavy atom. The van der Waals surface area contributed by atoms with Gasteiger partial charge in [-0.1, -0.05) is 12.8 Å². The average molecular weight is 432 g/mol. The third-order valence-corrected chi connectivity index (χ3v) is 6.18. The molecule has 1 unspecified atom stereocenters. The van der Waals surface area contributed by atoms with E-state index in [1.54, 1.807) is 27.7 Å². The number of halogens is 1. The molecule has 7 heteroatoms. The first-order valence-corrected chi connectivity index (χ1v) is 10.6. The topological polar surface area (TPSA) is 88.8 Å². The molecule has 1 aliphatic carbocycles. The fraction of sp³-hybridized carbons (Fsp3) is 0.583. The van der Waals surface area contributed by atoms with Crippen LogP contribution >= 0.6 is 0 Å². The summed E-state index contributed by atoms with van der Waals surface area (Å²) in [5.74, 6) is -1.89. The summed E-state index contributed by atoms with van der Waals surface area (Å²) in [4.78, 5) is 12.0. The molecule has 0 spiro atoms. The third kappa shape index (κ3) is 4.54. The molecule has 1 atom stereocenters. The van der Waals surface area contributed by atoms with Gasteiger partial charge in [0.2, 0.25) is 5.79 Å². The lowest BCUT2D eigenvalue weighted by Gasteiger charge is -2.39. The highest BCUT2D eigenvalue weighted by Gasteiger charge is 2.45. The number of methoxy groups -OCH3 is 1. The van der Waals surface area contributed by atoms with Gasteiger partial charge < -0.3 is 19.3 Å². The Morgan fingerprint density at radius 2 is 1.90 bits per heavy atom. The summed E-state index contributed by atoms with van der Waals surface area (Å²) in [6.45, 7) is 6.49. The van der Waals surface area contributed by atoms with Gasteiger partial charge >= 0.3 is 5.97 Å². The van der Waals surface area contributed by atoms with Crippen molar-refractivity contribution in [2.24, 2.45) is 5.92 Å². The number of carbonyl (C=O) groups is 1. The molecular weight excluding hydrogens is 401 g/mol. The second-order valence-corrected chi connectivity index (χ2v) is 9.39. The second-order valence-electron chi connectivity index (χ2n) is 9.39. The van der Waals surface area contributed by atoms with E-state index in [9.17, 15) is 15.2 Å². The fourth-order valence-electron chi connectivity index (χ4n) is 4.58. The van der Waals surface area contributed by atoms with Gasteiger partial charge in [-0.2, -0.15) is 5.26 Å². The van der Waals surface area contributed by atoms with Gasteiger partial charge in [-0.25, -0.2) is 9.18 Å². The van der Waals surface area contributed by atoms with Crippen molar-refractivity contribution in [3.63, 3.8) is 0 Å². The highest BCUT2D eigenvalue weighted by Crippen LogP contribution is 2.49. The van der Waals surface area contributed by atoms with Crippen LogP contribution < -0.4 is 4.74 Å². The summed E-state index contributed by atoms with van der Waals surface area (Å²) in [7, 11) is 1.45. The van der Waals surface area contributed by atoms with E-state index in [0.29, 0.717) is 5.75 Å². The van der Waals surface area contributed by atoms with Crippen molar-refractivity contribution in [2.45, 2.75) is 76.6 Å². The molecule has 0 amide bonds. The Balaban J connectivity index is 2.12. The fourth-order valence-corrected chi connectivity index (χ4v) is 4.58. The van der Waals surface area contributed by atoms with Crippen molar-refractivity contribution in [3.8, 4) is 11.8 Å². The summed E-state index contributed by atoms with van der Waals surface area (Å²) in [5.41, 5.74) is -2.10. The molecule has 0 saturated heterocycles. The van der Waals surface area contributed by atoms with Crippen LogP contribution in [0.15, 0.2) is 24.0 Å². The van der Waals surface area contributed by atoms with Crippen molar-refractivity contribution in [3.05, 3.63) is 40.9 Å². The predicted octanol–water partition coefficient (Wildman–Crippen LogP) is 4.60. The molecule has 1 heterocycles. The van der Waals surface area contributed by atoms with Crippen molar-refractivity contribution >= 4 is 5.97 Å². The number of aliphatic hydroxyl groups is 1. The first-order valence-electron chi connectivity index (χ1n) is 10.6. The lowest BCUT2D eigenvalue weighted by Crippen LogP contribution is -2.39. The van der Waals surface area contributed by atoms with Gasteiger partial charge in [0.15, 0.2) is 0 Å². The van der Waals surface area contributed by atoms with Crippen LogP contribution in [0.3, 0.4) is 0 Å². The molecule has 1 fully saturated rings. The maximum absolute atomic E-state index is 15.2. The molecule has 0 radical (unpaired) electrons. The molecule has 168 valence electrons. The number of cyclic esters (lactones) is 1. The number of hydrogen-bond donors (Lipinski definition) is 1. The van der Waals surface area contributed by atoms with Crippen molar-refractivity contribution in [1.82, 2.24) is 0 Å². The summed E-state index contributed by atoms with van der Waals surface area (Å²) in [6, 6.07) is 4.85. The smallest absolute Gasteiger partial charge is 0.337 e. The zero-order valence-electron chi connectivity index (χ0n) is 18.8. The average Bonchev–Trinajstić information content (AvgIpc) is 3.21. The quantitative estimate of drug-likeness (QED) is 0.663. The van der Waals surface area contributed by atoms with E-state index in [1.807, 2.05) is 0 Å². The predicted molar refractivity (Wildman–Crippen MR) is 111 cm³/mol. The van der Waals surface area contributed by atoms with Gasteiger partial charge in [-0.05, 0) is 44.7 Å². The van der Waals surface area contributed by atoms with Gasteiger partial charge in [0.25, 0.3) is 0 Å². The van der Waals surface area contributed by atoms with Crippen LogP contribution in [0.5, 0.6) is 5.75 Å². The zero-order valence-corrected chi connectivity index (χ0v) is 18.8. The van der Waals surface area contributed by atoms with Gasteiger partial charge in [0.1, 0.15) is 22.9 Å². The maximum Gasteiger partial charge on any atom is 0.337 e. The first kappa shape index (κ1) is 23.1. The molecule has 1 aliphatic heterocycles. The molecule has 1 saturated carbocycles. The highest BCUT2D eigenvalue weighted by atomic mass is 19.1. The summed E-state index contributed by atoms with van der Waals surface area (Å²) < 4.78 is 31.7. The number of nitrogens with zero attached hydrogens (tertiary/aromatic N) is 1. The molecular formula is C24H30FNO5. The molecule has 6 nitrogen and oxygen atoms in total. The number of nitriles is 1. The first-order chi connectivity index (χ1) is 14.4. The van der Waals surface area contributed by atoms with Crippen molar-refractivity contribution in [2.75, 3.05) is 7.11 Å². The SMILES string of the molecule is COc1cc(C(C)(C)C#N)c(F)cc1C(O)(CC1=CC(=O)OC(C)(C)O1)C1CCCC1. The Bertz CT molecular complexity index is 940. The number of carbonyl (C=O) groups excluding carboxylic acids is 1. The molecule has 0 aromatic heterocycles. The molecule has 3 rings (SSSR count). The lowest BCUT2D eigenvalue weighted by molar-refractivity contribution is -0.209. The Morgan fingerprint density at radius 3 is 2.45 bits per heavy atom. The van der Waals surface area contributed by atoms with Gasteiger partial charge in [-0.3, -0.25) is 0 Å². The summed E-state index contributed by atoms with van der Waals surface area (Å²) in [5, 5.41) is 21.4. The highest BCUT2D eigenvalue weighted by molar-refractivity contribution is 5.83. The number of hydrogen-bond acceptors (Lipinski definition) is 6. The van der Waals surface area contributed by atoms with Crippen LogP contribution in [-0.4, -0.2) is 24.0 Å². The minimum Gasteiger partial charge on any atom is -0.496 e. The largest absolute Gasteiger partial charge is 0.496 e. The van der Waals surface area contributed by atoms with Crippen LogP contribution in [0.1, 0.15) is 70.9 Å². The van der Waals surface area contributed by atoms with E-state index >= 15 is 4.39 Å². The normalized spacial score (nSPS) is 20.8. The summed E-state index contributed by atoms with van der Waals surface area (Å²) in [6.07, 6.45) is 4.62. The number of rotatable bonds is 6. The molecule has 1 N–H and O–H groups in total. The number of esters is 1. The Hall–Kier alpha value is -2.59. The van der Waals surface area contributed by atoms with E-state index in [0.717, 1.165) is 25.7 Å². The van der Waals surface area contributed by atoms with E-state index in [-0.39, 0.29) is 29.2 Å². The second kappa shape index (κ2) is 8.16. The molecule has 2 aliphatic rings. The molecule has 0 bridgehead atoms. The zero-order chi connectivity index (χ0) is 23.0. The lowest BCUT2D eigenvalue weighted by atomic mass is 9.75. The Labute approximate surface area is 182 Å². The van der Waals surface area contributed by atoms with Crippen LogP contribution in [0.2, 0.25) is 0 Å². The van der Waals surface area contributed by atoms with Gasteiger partial charge in [0, 0.05) is 31.4 Å². The number of ether oxygens (including phenoxy) is 3. The molecule has 31 heavy (non-hydrogen) atoms. The minimum absolute atomic E-state index is 0.0208. The molecule has 1 aromatic rings. The summed E-state index contributed by atoms with van der Waals surface area (Å²) >= 11 is 0. The Kier molecular flexibility index (Phi) is 6.07. The maximum atomic E-state index is 15.2. The molecule has 1 aromatic carbocycles. The van der Waals surface area contributed by atoms with E-state index in [1.165, 1.54) is 25.3 Å². The van der Waals surface area contributed by atoms with E-state index in [2.05, 4.69) is 6.07 Å². The third-order valence-electron chi connectivity index (χ3n) is 6.18. The van der Waals surface area contributed by atoms with E-state index in [4.69, 9.17) is 14.2 Å². The van der Waals surface area contributed by atoms with Gasteiger partial charge in [-0.15, -0.1) is 0 Å². The van der Waals surface area contributed by atoms with Crippen LogP contribution in [0.25, 0.3) is 0 Å². The van der Waals surface area contributed by atoms with E-state index < -0.39 is 28.6 Å². The van der Waals surface area contributed by atoms with Crippen LogP contribution in [0.4, 0.5) is 4.39 Å². The monoisotopic (exact) mass is 431 g/mol.